The van der Waals surface area contributed by atoms with E-state index in [1.807, 2.05) is 18.2 Å². The fourth-order valence-corrected chi connectivity index (χ4v) is 3.50. The Morgan fingerprint density at radius 3 is 2.80 bits per heavy atom. The second-order valence-corrected chi connectivity index (χ2v) is 6.55. The van der Waals surface area contributed by atoms with Crippen LogP contribution in [0.25, 0.3) is 0 Å². The van der Waals surface area contributed by atoms with Gasteiger partial charge in [-0.1, -0.05) is 41.9 Å². The molecule has 20 heavy (non-hydrogen) atoms. The van der Waals surface area contributed by atoms with Gasteiger partial charge in [-0.15, -0.1) is 0 Å². The van der Waals surface area contributed by atoms with E-state index >= 15 is 0 Å². The first kappa shape index (κ1) is 14.1. The Morgan fingerprint density at radius 1 is 1.15 bits per heavy atom. The molecule has 2 aromatic rings. The van der Waals surface area contributed by atoms with E-state index in [1.54, 1.807) is 0 Å². The molecule has 3 rings (SSSR count). The molecule has 0 heterocycles. The molecular formula is C17H16BrClO. The lowest BCUT2D eigenvalue weighted by molar-refractivity contribution is 0.178. The summed E-state index contributed by atoms with van der Waals surface area (Å²) in [6.07, 6.45) is 3.63. The molecule has 3 heteroatoms. The van der Waals surface area contributed by atoms with Crippen LogP contribution in [0, 0.1) is 0 Å². The van der Waals surface area contributed by atoms with Crippen molar-refractivity contribution in [2.45, 2.75) is 31.8 Å². The van der Waals surface area contributed by atoms with E-state index in [2.05, 4.69) is 34.1 Å². The van der Waals surface area contributed by atoms with Gasteiger partial charge in [0.1, 0.15) is 0 Å². The monoisotopic (exact) mass is 350 g/mol. The van der Waals surface area contributed by atoms with Crippen molar-refractivity contribution in [3.05, 3.63) is 68.1 Å². The quantitative estimate of drug-likeness (QED) is 0.836. The van der Waals surface area contributed by atoms with Crippen LogP contribution in [0.15, 0.2) is 40.9 Å². The van der Waals surface area contributed by atoms with E-state index in [-0.39, 0.29) is 0 Å². The molecule has 0 aliphatic heterocycles. The summed E-state index contributed by atoms with van der Waals surface area (Å²) in [5.74, 6) is 0. The summed E-state index contributed by atoms with van der Waals surface area (Å²) >= 11 is 9.64. The minimum absolute atomic E-state index is 0.570. The van der Waals surface area contributed by atoms with Crippen molar-refractivity contribution in [1.29, 1.82) is 0 Å². The normalized spacial score (nSPS) is 15.2. The molecule has 1 atom stereocenters. The SMILES string of the molecule is OC(Cc1ccc2c(c1)CCC2)c1cccc(Br)c1Cl. The number of fused-ring (bicyclic) bond motifs is 1. The van der Waals surface area contributed by atoms with Crippen LogP contribution in [0.4, 0.5) is 0 Å². The molecule has 0 saturated heterocycles. The van der Waals surface area contributed by atoms with Crippen LogP contribution in [0.2, 0.25) is 5.02 Å². The molecule has 0 bridgehead atoms. The number of rotatable bonds is 3. The van der Waals surface area contributed by atoms with E-state index in [4.69, 9.17) is 11.6 Å². The highest BCUT2D eigenvalue weighted by Gasteiger charge is 2.16. The molecule has 104 valence electrons. The number of aryl methyl sites for hydroxylation is 2. The number of benzene rings is 2. The Balaban J connectivity index is 1.82. The summed E-state index contributed by atoms with van der Waals surface area (Å²) < 4.78 is 0.824. The van der Waals surface area contributed by atoms with Crippen molar-refractivity contribution in [2.24, 2.45) is 0 Å². The van der Waals surface area contributed by atoms with Crippen LogP contribution < -0.4 is 0 Å². The van der Waals surface area contributed by atoms with Gasteiger partial charge in [0.25, 0.3) is 0 Å². The fourth-order valence-electron chi connectivity index (χ4n) is 2.86. The first-order valence-corrected chi connectivity index (χ1v) is 8.05. The molecule has 0 radical (unpaired) electrons. The van der Waals surface area contributed by atoms with E-state index in [0.717, 1.165) is 16.5 Å². The zero-order valence-corrected chi connectivity index (χ0v) is 13.4. The van der Waals surface area contributed by atoms with E-state index in [1.165, 1.54) is 29.5 Å². The molecule has 1 aliphatic carbocycles. The van der Waals surface area contributed by atoms with Crippen molar-refractivity contribution in [1.82, 2.24) is 0 Å². The molecule has 0 spiro atoms. The van der Waals surface area contributed by atoms with Crippen molar-refractivity contribution >= 4 is 27.5 Å². The predicted octanol–water partition coefficient (Wildman–Crippen LogP) is 4.87. The largest absolute Gasteiger partial charge is 0.388 e. The molecule has 1 nitrogen and oxygen atoms in total. The van der Waals surface area contributed by atoms with E-state index < -0.39 is 6.10 Å². The lowest BCUT2D eigenvalue weighted by Gasteiger charge is -2.14. The van der Waals surface area contributed by atoms with Crippen molar-refractivity contribution in [3.63, 3.8) is 0 Å². The standard InChI is InChI=1S/C17H16BrClO/c18-15-6-2-5-14(17(15)19)16(20)10-11-7-8-12-3-1-4-13(12)9-11/h2,5-9,16,20H,1,3-4,10H2. The van der Waals surface area contributed by atoms with Crippen LogP contribution in [0.5, 0.6) is 0 Å². The Morgan fingerprint density at radius 2 is 1.95 bits per heavy atom. The zero-order valence-electron chi connectivity index (χ0n) is 11.1. The summed E-state index contributed by atoms with van der Waals surface area (Å²) in [5, 5.41) is 11.0. The molecule has 1 aliphatic rings. The summed E-state index contributed by atoms with van der Waals surface area (Å²) in [4.78, 5) is 0. The van der Waals surface area contributed by atoms with E-state index in [9.17, 15) is 5.11 Å². The fraction of sp³-hybridized carbons (Fsp3) is 0.294. The smallest absolute Gasteiger partial charge is 0.0845 e. The molecule has 0 aromatic heterocycles. The maximum Gasteiger partial charge on any atom is 0.0845 e. The third kappa shape index (κ3) is 2.78. The number of halogens is 2. The molecule has 1 unspecified atom stereocenters. The Bertz CT molecular complexity index is 639. The van der Waals surface area contributed by atoms with Gasteiger partial charge in [-0.3, -0.25) is 0 Å². The first-order chi connectivity index (χ1) is 9.65. The Hall–Kier alpha value is -0.830. The summed E-state index contributed by atoms with van der Waals surface area (Å²) in [5.41, 5.74) is 4.86. The van der Waals surface area contributed by atoms with Crippen molar-refractivity contribution in [2.75, 3.05) is 0 Å². The predicted molar refractivity (Wildman–Crippen MR) is 86.3 cm³/mol. The number of hydrogen-bond acceptors (Lipinski definition) is 1. The van der Waals surface area contributed by atoms with Gasteiger partial charge < -0.3 is 5.11 Å². The second-order valence-electron chi connectivity index (χ2n) is 5.32. The van der Waals surface area contributed by atoms with Crippen molar-refractivity contribution in [3.8, 4) is 0 Å². The zero-order chi connectivity index (χ0) is 14.1. The lowest BCUT2D eigenvalue weighted by Crippen LogP contribution is -2.03. The van der Waals surface area contributed by atoms with Gasteiger partial charge >= 0.3 is 0 Å². The number of aliphatic hydroxyl groups is 1. The Kier molecular flexibility index (Phi) is 4.16. The van der Waals surface area contributed by atoms with Crippen LogP contribution >= 0.6 is 27.5 Å². The summed E-state index contributed by atoms with van der Waals surface area (Å²) in [7, 11) is 0. The molecule has 0 saturated carbocycles. The first-order valence-electron chi connectivity index (χ1n) is 6.88. The van der Waals surface area contributed by atoms with Crippen LogP contribution in [0.3, 0.4) is 0 Å². The van der Waals surface area contributed by atoms with Gasteiger partial charge in [-0.25, -0.2) is 0 Å². The van der Waals surface area contributed by atoms with Gasteiger partial charge in [0.05, 0.1) is 11.1 Å². The highest BCUT2D eigenvalue weighted by Crippen LogP contribution is 2.32. The molecule has 1 N–H and O–H groups in total. The topological polar surface area (TPSA) is 20.2 Å². The summed E-state index contributed by atoms with van der Waals surface area (Å²) in [6, 6.07) is 12.2. The highest BCUT2D eigenvalue weighted by molar-refractivity contribution is 9.10. The third-order valence-corrected chi connectivity index (χ3v) is 5.24. The van der Waals surface area contributed by atoms with E-state index in [0.29, 0.717) is 11.4 Å². The Labute approximate surface area is 132 Å². The van der Waals surface area contributed by atoms with Gasteiger partial charge in [0, 0.05) is 16.5 Å². The van der Waals surface area contributed by atoms with Gasteiger partial charge in [-0.05, 0) is 57.9 Å². The highest BCUT2D eigenvalue weighted by atomic mass is 79.9. The van der Waals surface area contributed by atoms with Gasteiger partial charge in [0.2, 0.25) is 0 Å². The number of aliphatic hydroxyl groups excluding tert-OH is 1. The number of hydrogen-bond donors (Lipinski definition) is 1. The third-order valence-electron chi connectivity index (χ3n) is 3.93. The minimum atomic E-state index is -0.570. The van der Waals surface area contributed by atoms with Gasteiger partial charge in [0.15, 0.2) is 0 Å². The maximum absolute atomic E-state index is 10.4. The second kappa shape index (κ2) is 5.88. The minimum Gasteiger partial charge on any atom is -0.388 e. The van der Waals surface area contributed by atoms with Crippen LogP contribution in [-0.4, -0.2) is 5.11 Å². The average molecular weight is 352 g/mol. The van der Waals surface area contributed by atoms with Crippen LogP contribution in [0.1, 0.15) is 34.8 Å². The van der Waals surface area contributed by atoms with Crippen molar-refractivity contribution < 1.29 is 5.11 Å². The average Bonchev–Trinajstić information content (AvgIpc) is 2.89. The molecule has 0 amide bonds. The molecular weight excluding hydrogens is 336 g/mol. The van der Waals surface area contributed by atoms with Crippen LogP contribution in [-0.2, 0) is 19.3 Å². The molecule has 2 aromatic carbocycles. The maximum atomic E-state index is 10.4. The lowest BCUT2D eigenvalue weighted by atomic mass is 9.98. The van der Waals surface area contributed by atoms with Gasteiger partial charge in [-0.2, -0.15) is 0 Å². The summed E-state index contributed by atoms with van der Waals surface area (Å²) in [6.45, 7) is 0. The molecule has 0 fully saturated rings.